The average Bonchev–Trinajstić information content (AvgIpc) is 3.59. The number of tetrazole rings is 1. The molecule has 1 unspecified atom stereocenters. The molecular weight excluding hydrogens is 472 g/mol. The van der Waals surface area contributed by atoms with Crippen molar-refractivity contribution in [2.24, 2.45) is 0 Å². The number of hydrogen-bond donors (Lipinski definition) is 1. The Morgan fingerprint density at radius 1 is 1.08 bits per heavy atom. The molecule has 1 fully saturated rings. The van der Waals surface area contributed by atoms with Gasteiger partial charge < -0.3 is 14.8 Å². The molecule has 1 aliphatic heterocycles. The number of carbonyl (C=O) groups is 2. The van der Waals surface area contributed by atoms with Gasteiger partial charge in [-0.3, -0.25) is 14.5 Å². The summed E-state index contributed by atoms with van der Waals surface area (Å²) in [6, 6.07) is 12.5. The van der Waals surface area contributed by atoms with Gasteiger partial charge in [0.25, 0.3) is 5.91 Å². The highest BCUT2D eigenvalue weighted by Crippen LogP contribution is 2.35. The van der Waals surface area contributed by atoms with Crippen molar-refractivity contribution in [3.05, 3.63) is 48.0 Å². The lowest BCUT2D eigenvalue weighted by molar-refractivity contribution is -0.127. The highest BCUT2D eigenvalue weighted by atomic mass is 16.6. The minimum absolute atomic E-state index is 0.146. The second-order valence-corrected chi connectivity index (χ2v) is 9.52. The van der Waals surface area contributed by atoms with Gasteiger partial charge in [-0.15, -0.1) is 10.2 Å². The van der Waals surface area contributed by atoms with Crippen LogP contribution in [0.3, 0.4) is 0 Å². The summed E-state index contributed by atoms with van der Waals surface area (Å²) in [6.07, 6.45) is 4.58. The number of benzene rings is 2. The molecule has 1 aromatic heterocycles. The summed E-state index contributed by atoms with van der Waals surface area (Å²) in [4.78, 5) is 29.9. The summed E-state index contributed by atoms with van der Waals surface area (Å²) >= 11 is 0. The molecule has 0 spiro atoms. The number of hydrogen-bond acceptors (Lipinski definition) is 7. The SMILES string of the molecule is CCC(C(=O)NC1CCCC1)N(C(=O)Cn1nnc(-c2ccc(C)cc2)n1)c1ccc2c(c1)OCCO2. The van der Waals surface area contributed by atoms with E-state index in [1.54, 1.807) is 18.2 Å². The Morgan fingerprint density at radius 2 is 1.81 bits per heavy atom. The number of rotatable bonds is 8. The molecule has 0 saturated heterocycles. The Morgan fingerprint density at radius 3 is 2.54 bits per heavy atom. The predicted molar refractivity (Wildman–Crippen MR) is 137 cm³/mol. The molecule has 2 aromatic carbocycles. The number of aromatic nitrogens is 4. The Labute approximate surface area is 215 Å². The molecule has 0 bridgehead atoms. The van der Waals surface area contributed by atoms with Crippen molar-refractivity contribution in [2.75, 3.05) is 18.1 Å². The topological polar surface area (TPSA) is 111 Å². The fourth-order valence-electron chi connectivity index (χ4n) is 4.86. The van der Waals surface area contributed by atoms with Crippen molar-refractivity contribution in [1.82, 2.24) is 25.5 Å². The Balaban J connectivity index is 1.42. The van der Waals surface area contributed by atoms with Crippen LogP contribution in [0.25, 0.3) is 11.4 Å². The van der Waals surface area contributed by atoms with Crippen LogP contribution in [0.1, 0.15) is 44.6 Å². The third kappa shape index (κ3) is 5.58. The molecule has 3 aromatic rings. The summed E-state index contributed by atoms with van der Waals surface area (Å²) in [5.41, 5.74) is 2.50. The van der Waals surface area contributed by atoms with Crippen LogP contribution in [0.4, 0.5) is 5.69 Å². The van der Waals surface area contributed by atoms with Gasteiger partial charge in [0.05, 0.1) is 0 Å². The number of nitrogens with one attached hydrogen (secondary N) is 1. The highest BCUT2D eigenvalue weighted by molar-refractivity contribution is 6.01. The maximum absolute atomic E-state index is 13.8. The van der Waals surface area contributed by atoms with E-state index in [1.165, 1.54) is 9.70 Å². The van der Waals surface area contributed by atoms with E-state index in [9.17, 15) is 9.59 Å². The van der Waals surface area contributed by atoms with Crippen LogP contribution in [-0.4, -0.2) is 57.3 Å². The number of amides is 2. The molecule has 0 radical (unpaired) electrons. The van der Waals surface area contributed by atoms with E-state index >= 15 is 0 Å². The number of aryl methyl sites for hydroxylation is 1. The summed E-state index contributed by atoms with van der Waals surface area (Å²) in [7, 11) is 0. The van der Waals surface area contributed by atoms with Crippen LogP contribution in [-0.2, 0) is 16.1 Å². The number of fused-ring (bicyclic) bond motifs is 1. The van der Waals surface area contributed by atoms with Crippen LogP contribution < -0.4 is 19.7 Å². The molecule has 2 heterocycles. The molecule has 10 heteroatoms. The standard InChI is InChI=1S/C27H32N6O4/c1-3-22(27(35)28-20-6-4-5-7-20)33(21-12-13-23-24(16-21)37-15-14-36-23)25(34)17-32-30-26(29-31-32)19-10-8-18(2)9-11-19/h8-13,16,20,22H,3-7,14-15,17H2,1-2H3,(H,28,35). The summed E-state index contributed by atoms with van der Waals surface area (Å²) in [6.45, 7) is 4.64. The van der Waals surface area contributed by atoms with Gasteiger partial charge in [-0.1, -0.05) is 49.6 Å². The lowest BCUT2D eigenvalue weighted by Crippen LogP contribution is -2.52. The summed E-state index contributed by atoms with van der Waals surface area (Å²) in [5, 5.41) is 15.8. The Hall–Kier alpha value is -3.95. The van der Waals surface area contributed by atoms with Crippen molar-refractivity contribution < 1.29 is 19.1 Å². The van der Waals surface area contributed by atoms with Gasteiger partial charge in [0.15, 0.2) is 11.5 Å². The smallest absolute Gasteiger partial charge is 0.251 e. The highest BCUT2D eigenvalue weighted by Gasteiger charge is 2.33. The quantitative estimate of drug-likeness (QED) is 0.501. The minimum atomic E-state index is -0.698. The first-order valence-corrected chi connectivity index (χ1v) is 12.9. The van der Waals surface area contributed by atoms with Crippen molar-refractivity contribution in [1.29, 1.82) is 0 Å². The molecule has 1 atom stereocenters. The number of carbonyl (C=O) groups excluding carboxylic acids is 2. The van der Waals surface area contributed by atoms with Gasteiger partial charge in [0.1, 0.15) is 25.8 Å². The van der Waals surface area contributed by atoms with Crippen LogP contribution in [0, 0.1) is 6.92 Å². The Kier molecular flexibility index (Phi) is 7.34. The normalized spacial score (nSPS) is 15.8. The number of anilines is 1. The van der Waals surface area contributed by atoms with Gasteiger partial charge in [-0.25, -0.2) is 0 Å². The molecule has 2 amide bonds. The third-order valence-electron chi connectivity index (χ3n) is 6.81. The van der Waals surface area contributed by atoms with E-state index in [4.69, 9.17) is 9.47 Å². The van der Waals surface area contributed by atoms with Crippen LogP contribution >= 0.6 is 0 Å². The van der Waals surface area contributed by atoms with Gasteiger partial charge in [0, 0.05) is 23.4 Å². The van der Waals surface area contributed by atoms with E-state index in [0.29, 0.717) is 42.6 Å². The van der Waals surface area contributed by atoms with Crippen molar-refractivity contribution in [3.63, 3.8) is 0 Å². The summed E-state index contributed by atoms with van der Waals surface area (Å²) in [5.74, 6) is 1.12. The zero-order valence-electron chi connectivity index (χ0n) is 21.2. The predicted octanol–water partition coefficient (Wildman–Crippen LogP) is 3.29. The molecule has 1 N–H and O–H groups in total. The molecule has 2 aliphatic rings. The fourth-order valence-corrected chi connectivity index (χ4v) is 4.86. The zero-order chi connectivity index (χ0) is 25.8. The fraction of sp³-hybridized carbons (Fsp3) is 0.444. The lowest BCUT2D eigenvalue weighted by atomic mass is 10.1. The van der Waals surface area contributed by atoms with Gasteiger partial charge in [-0.05, 0) is 43.5 Å². The maximum Gasteiger partial charge on any atom is 0.251 e. The first-order chi connectivity index (χ1) is 18.0. The van der Waals surface area contributed by atoms with Crippen molar-refractivity contribution >= 4 is 17.5 Å². The van der Waals surface area contributed by atoms with Crippen LogP contribution in [0.5, 0.6) is 11.5 Å². The van der Waals surface area contributed by atoms with Crippen LogP contribution in [0.15, 0.2) is 42.5 Å². The molecule has 1 aliphatic carbocycles. The molecule has 37 heavy (non-hydrogen) atoms. The number of ether oxygens (including phenoxy) is 2. The van der Waals surface area contributed by atoms with Crippen LogP contribution in [0.2, 0.25) is 0 Å². The first-order valence-electron chi connectivity index (χ1n) is 12.9. The second kappa shape index (κ2) is 11.0. The van der Waals surface area contributed by atoms with E-state index < -0.39 is 6.04 Å². The minimum Gasteiger partial charge on any atom is -0.486 e. The molecule has 194 valence electrons. The molecule has 1 saturated carbocycles. The molecule has 10 nitrogen and oxygen atoms in total. The monoisotopic (exact) mass is 504 g/mol. The van der Waals surface area contributed by atoms with Gasteiger partial charge in [0.2, 0.25) is 11.7 Å². The molecular formula is C27H32N6O4. The first kappa shape index (κ1) is 24.7. The maximum atomic E-state index is 13.8. The van der Waals surface area contributed by atoms with Crippen molar-refractivity contribution in [3.8, 4) is 22.9 Å². The van der Waals surface area contributed by atoms with Gasteiger partial charge in [-0.2, -0.15) is 4.80 Å². The third-order valence-corrected chi connectivity index (χ3v) is 6.81. The lowest BCUT2D eigenvalue weighted by Gasteiger charge is -2.32. The largest absolute Gasteiger partial charge is 0.486 e. The van der Waals surface area contributed by atoms with Crippen molar-refractivity contribution in [2.45, 2.75) is 64.6 Å². The second-order valence-electron chi connectivity index (χ2n) is 9.52. The van der Waals surface area contributed by atoms with Gasteiger partial charge >= 0.3 is 0 Å². The van der Waals surface area contributed by atoms with E-state index in [1.807, 2.05) is 38.1 Å². The number of nitrogens with zero attached hydrogens (tertiary/aromatic N) is 5. The average molecular weight is 505 g/mol. The molecule has 5 rings (SSSR count). The van der Waals surface area contributed by atoms with E-state index in [0.717, 1.165) is 36.8 Å². The summed E-state index contributed by atoms with van der Waals surface area (Å²) < 4.78 is 11.4. The van der Waals surface area contributed by atoms with E-state index in [2.05, 4.69) is 20.7 Å². The Bertz CT molecular complexity index is 1250. The van der Waals surface area contributed by atoms with E-state index in [-0.39, 0.29) is 24.4 Å². The zero-order valence-corrected chi connectivity index (χ0v) is 21.2.